The highest BCUT2D eigenvalue weighted by atomic mass is 19.1. The average molecular weight is 267 g/mol. The molecule has 1 amide bonds. The number of halogens is 1. The fourth-order valence-electron chi connectivity index (χ4n) is 1.71. The summed E-state index contributed by atoms with van der Waals surface area (Å²) in [5.74, 6) is -5.54. The molecule has 1 aliphatic rings. The summed E-state index contributed by atoms with van der Waals surface area (Å²) in [6.07, 6.45) is -2.47. The molecule has 0 fully saturated rings. The Morgan fingerprint density at radius 3 is 2.32 bits per heavy atom. The van der Waals surface area contributed by atoms with Crippen LogP contribution in [0.25, 0.3) is 0 Å². The van der Waals surface area contributed by atoms with Gasteiger partial charge in [0.1, 0.15) is 0 Å². The number of carboxylic acid groups (broad SMARTS) is 2. The fourth-order valence-corrected chi connectivity index (χ4v) is 1.71. The van der Waals surface area contributed by atoms with E-state index in [4.69, 9.17) is 10.2 Å². The number of carbonyl (C=O) groups is 4. The van der Waals surface area contributed by atoms with Crippen molar-refractivity contribution in [3.8, 4) is 0 Å². The molecule has 1 aromatic rings. The minimum absolute atomic E-state index is 0.388. The van der Waals surface area contributed by atoms with Gasteiger partial charge in [-0.05, 0) is 12.1 Å². The van der Waals surface area contributed by atoms with E-state index in [-0.39, 0.29) is 5.69 Å². The molecular weight excluding hydrogens is 261 g/mol. The zero-order chi connectivity index (χ0) is 14.3. The van der Waals surface area contributed by atoms with Crippen molar-refractivity contribution in [2.24, 2.45) is 0 Å². The molecule has 0 spiro atoms. The first kappa shape index (κ1) is 12.7. The maximum absolute atomic E-state index is 13.3. The van der Waals surface area contributed by atoms with E-state index in [1.807, 2.05) is 5.32 Å². The monoisotopic (exact) mass is 267 g/mol. The second-order valence-electron chi connectivity index (χ2n) is 3.77. The lowest BCUT2D eigenvalue weighted by molar-refractivity contribution is -0.119. The Bertz CT molecular complexity index is 638. The molecule has 0 aliphatic carbocycles. The van der Waals surface area contributed by atoms with Crippen molar-refractivity contribution in [3.63, 3.8) is 0 Å². The Hall–Kier alpha value is -2.77. The number of carboxylic acids is 2. The van der Waals surface area contributed by atoms with E-state index < -0.39 is 46.5 Å². The van der Waals surface area contributed by atoms with Gasteiger partial charge in [-0.15, -0.1) is 0 Å². The molecule has 8 heteroatoms. The molecule has 2 rings (SSSR count). The zero-order valence-corrected chi connectivity index (χ0v) is 9.14. The maximum Gasteiger partial charge on any atom is 0.337 e. The number of alkyl halides is 1. The Morgan fingerprint density at radius 2 is 1.79 bits per heavy atom. The number of aromatic carboxylic acids is 2. The van der Waals surface area contributed by atoms with Gasteiger partial charge in [-0.1, -0.05) is 0 Å². The van der Waals surface area contributed by atoms with Gasteiger partial charge in [0.25, 0.3) is 5.91 Å². The van der Waals surface area contributed by atoms with E-state index >= 15 is 0 Å². The summed E-state index contributed by atoms with van der Waals surface area (Å²) in [6.45, 7) is 0. The molecule has 19 heavy (non-hydrogen) atoms. The number of anilines is 1. The predicted molar refractivity (Wildman–Crippen MR) is 58.2 cm³/mol. The van der Waals surface area contributed by atoms with E-state index in [9.17, 15) is 23.6 Å². The molecule has 1 aliphatic heterocycles. The van der Waals surface area contributed by atoms with Gasteiger partial charge in [0.15, 0.2) is 0 Å². The molecule has 0 saturated heterocycles. The van der Waals surface area contributed by atoms with Crippen molar-refractivity contribution in [1.29, 1.82) is 0 Å². The zero-order valence-electron chi connectivity index (χ0n) is 9.14. The quantitative estimate of drug-likeness (QED) is 0.673. The van der Waals surface area contributed by atoms with Gasteiger partial charge < -0.3 is 15.5 Å². The fraction of sp³-hybridized carbons (Fsp3) is 0.0909. The van der Waals surface area contributed by atoms with Crippen molar-refractivity contribution in [2.45, 2.75) is 6.17 Å². The number of hydrogen-bond acceptors (Lipinski definition) is 4. The lowest BCUT2D eigenvalue weighted by Gasteiger charge is -2.20. The molecule has 7 nitrogen and oxygen atoms in total. The maximum atomic E-state index is 13.3. The number of amides is 1. The molecule has 0 aromatic heterocycles. The summed E-state index contributed by atoms with van der Waals surface area (Å²) < 4.78 is 13.3. The van der Waals surface area contributed by atoms with Gasteiger partial charge in [-0.3, -0.25) is 9.59 Å². The van der Waals surface area contributed by atoms with Crippen LogP contribution in [0.2, 0.25) is 0 Å². The summed E-state index contributed by atoms with van der Waals surface area (Å²) in [5.41, 5.74) is -1.91. The molecule has 1 heterocycles. The van der Waals surface area contributed by atoms with Gasteiger partial charge in [0.2, 0.25) is 12.0 Å². The van der Waals surface area contributed by atoms with Crippen LogP contribution in [0, 0.1) is 0 Å². The minimum atomic E-state index is -2.47. The number of benzene rings is 1. The van der Waals surface area contributed by atoms with Gasteiger partial charge in [-0.25, -0.2) is 14.0 Å². The van der Waals surface area contributed by atoms with Gasteiger partial charge >= 0.3 is 11.9 Å². The number of carbonyl (C=O) groups excluding carboxylic acids is 2. The SMILES string of the molecule is O=C(O)c1cc(C(=O)O)c2c(c1)C(=O)C(F)C(=O)N2. The average Bonchev–Trinajstić information content (AvgIpc) is 2.34. The molecule has 0 bridgehead atoms. The molecule has 1 unspecified atom stereocenters. The van der Waals surface area contributed by atoms with Crippen LogP contribution < -0.4 is 5.32 Å². The van der Waals surface area contributed by atoms with Crippen LogP contribution in [0.4, 0.5) is 10.1 Å². The van der Waals surface area contributed by atoms with E-state index in [1.165, 1.54) is 0 Å². The number of fused-ring (bicyclic) bond motifs is 1. The predicted octanol–water partition coefficient (Wildman–Crippen LogP) is 0.556. The first-order valence-electron chi connectivity index (χ1n) is 4.96. The van der Waals surface area contributed by atoms with Crippen molar-refractivity contribution in [1.82, 2.24) is 0 Å². The van der Waals surface area contributed by atoms with Crippen molar-refractivity contribution < 1.29 is 33.8 Å². The van der Waals surface area contributed by atoms with Crippen LogP contribution in [0.3, 0.4) is 0 Å². The molecule has 3 N–H and O–H groups in total. The van der Waals surface area contributed by atoms with E-state index in [0.717, 1.165) is 12.1 Å². The molecule has 98 valence electrons. The summed E-state index contributed by atoms with van der Waals surface area (Å²) >= 11 is 0. The second kappa shape index (κ2) is 4.16. The van der Waals surface area contributed by atoms with Gasteiger partial charge in [0.05, 0.1) is 16.8 Å². The minimum Gasteiger partial charge on any atom is -0.478 e. The highest BCUT2D eigenvalue weighted by molar-refractivity contribution is 6.25. The molecule has 0 radical (unpaired) electrons. The summed E-state index contributed by atoms with van der Waals surface area (Å²) in [5, 5.41) is 19.7. The molecule has 0 saturated carbocycles. The summed E-state index contributed by atoms with van der Waals surface area (Å²) in [6, 6.07) is 1.62. The Labute approximate surface area is 104 Å². The van der Waals surface area contributed by atoms with E-state index in [0.29, 0.717) is 0 Å². The first-order valence-corrected chi connectivity index (χ1v) is 4.96. The normalized spacial score (nSPS) is 17.6. The Balaban J connectivity index is 2.75. The number of Topliss-reactive ketones (excluding diaryl/α,β-unsaturated/α-hetero) is 1. The van der Waals surface area contributed by atoms with Gasteiger partial charge in [-0.2, -0.15) is 0 Å². The van der Waals surface area contributed by atoms with Crippen molar-refractivity contribution in [3.05, 3.63) is 28.8 Å². The molecule has 1 atom stereocenters. The van der Waals surface area contributed by atoms with Crippen LogP contribution in [-0.2, 0) is 4.79 Å². The molecular formula is C11H6FNO6. The lowest BCUT2D eigenvalue weighted by Crippen LogP contribution is -2.38. The number of rotatable bonds is 2. The van der Waals surface area contributed by atoms with Crippen molar-refractivity contribution in [2.75, 3.05) is 5.32 Å². The van der Waals surface area contributed by atoms with Crippen molar-refractivity contribution >= 4 is 29.3 Å². The van der Waals surface area contributed by atoms with Crippen LogP contribution >= 0.6 is 0 Å². The first-order chi connectivity index (χ1) is 8.82. The van der Waals surface area contributed by atoms with E-state index in [2.05, 4.69) is 0 Å². The number of hydrogen-bond donors (Lipinski definition) is 3. The van der Waals surface area contributed by atoms with Crippen LogP contribution in [0.1, 0.15) is 31.1 Å². The lowest BCUT2D eigenvalue weighted by atomic mass is 9.94. The summed E-state index contributed by atoms with van der Waals surface area (Å²) in [7, 11) is 0. The topological polar surface area (TPSA) is 121 Å². The third kappa shape index (κ3) is 1.92. The standard InChI is InChI=1S/C11H6FNO6/c12-6-8(14)4-1-3(10(16)17)2-5(11(18)19)7(4)13-9(6)15/h1-2,6H,(H,13,15)(H,16,17)(H,18,19). The highest BCUT2D eigenvalue weighted by Crippen LogP contribution is 2.29. The van der Waals surface area contributed by atoms with Crippen LogP contribution in [-0.4, -0.2) is 40.0 Å². The Morgan fingerprint density at radius 1 is 1.16 bits per heavy atom. The third-order valence-corrected chi connectivity index (χ3v) is 2.59. The van der Waals surface area contributed by atoms with Crippen LogP contribution in [0.15, 0.2) is 12.1 Å². The highest BCUT2D eigenvalue weighted by Gasteiger charge is 2.37. The summed E-state index contributed by atoms with van der Waals surface area (Å²) in [4.78, 5) is 44.5. The largest absolute Gasteiger partial charge is 0.478 e. The van der Waals surface area contributed by atoms with Gasteiger partial charge in [0, 0.05) is 5.56 Å². The van der Waals surface area contributed by atoms with E-state index in [1.54, 1.807) is 0 Å². The Kier molecular flexibility index (Phi) is 2.78. The second-order valence-corrected chi connectivity index (χ2v) is 3.77. The number of nitrogens with one attached hydrogen (secondary N) is 1. The smallest absolute Gasteiger partial charge is 0.337 e. The van der Waals surface area contributed by atoms with Crippen LogP contribution in [0.5, 0.6) is 0 Å². The third-order valence-electron chi connectivity index (χ3n) is 2.59. The molecule has 1 aromatic carbocycles. The number of ketones is 1.